The van der Waals surface area contributed by atoms with Crippen LogP contribution in [0, 0.1) is 12.7 Å². The van der Waals surface area contributed by atoms with E-state index in [0.717, 1.165) is 5.56 Å². The highest BCUT2D eigenvalue weighted by Gasteiger charge is 2.18. The van der Waals surface area contributed by atoms with Crippen molar-refractivity contribution in [1.29, 1.82) is 0 Å². The first kappa shape index (κ1) is 21.8. The molecule has 3 aromatic carbocycles. The van der Waals surface area contributed by atoms with Crippen LogP contribution in [0.25, 0.3) is 0 Å². The van der Waals surface area contributed by atoms with Crippen molar-refractivity contribution in [2.75, 3.05) is 17.1 Å². The Balaban J connectivity index is 1.82. The first-order valence-corrected chi connectivity index (χ1v) is 11.0. The van der Waals surface area contributed by atoms with Crippen molar-refractivity contribution >= 4 is 43.2 Å². The van der Waals surface area contributed by atoms with Gasteiger partial charge in [0.05, 0.1) is 27.9 Å². The third kappa shape index (κ3) is 4.98. The minimum Gasteiger partial charge on any atom is -0.496 e. The smallest absolute Gasteiger partial charge is 0.261 e. The minimum atomic E-state index is -3.96. The van der Waals surface area contributed by atoms with E-state index in [9.17, 15) is 17.6 Å². The van der Waals surface area contributed by atoms with Gasteiger partial charge in [0.2, 0.25) is 0 Å². The number of benzene rings is 3. The van der Waals surface area contributed by atoms with Crippen molar-refractivity contribution in [2.45, 2.75) is 11.8 Å². The zero-order valence-corrected chi connectivity index (χ0v) is 18.5. The maximum atomic E-state index is 14.0. The highest BCUT2D eigenvalue weighted by atomic mass is 79.9. The van der Waals surface area contributed by atoms with Gasteiger partial charge in [0.15, 0.2) is 0 Å². The number of sulfonamides is 1. The summed E-state index contributed by atoms with van der Waals surface area (Å²) >= 11 is 3.30. The summed E-state index contributed by atoms with van der Waals surface area (Å²) < 4.78 is 47.6. The molecule has 1 amide bonds. The Bertz CT molecular complexity index is 1220. The van der Waals surface area contributed by atoms with Crippen LogP contribution in [0.4, 0.5) is 15.8 Å². The van der Waals surface area contributed by atoms with Crippen LogP contribution in [0.15, 0.2) is 70.0 Å². The molecule has 3 aromatic rings. The number of rotatable bonds is 6. The zero-order chi connectivity index (χ0) is 21.9. The lowest BCUT2D eigenvalue weighted by Crippen LogP contribution is -2.16. The molecule has 0 spiro atoms. The normalized spacial score (nSPS) is 11.1. The second kappa shape index (κ2) is 8.85. The summed E-state index contributed by atoms with van der Waals surface area (Å²) in [5, 5.41) is 2.45. The third-order valence-corrected chi connectivity index (χ3v) is 6.18. The fourth-order valence-corrected chi connectivity index (χ4v) is 4.30. The van der Waals surface area contributed by atoms with Gasteiger partial charge >= 0.3 is 0 Å². The molecule has 30 heavy (non-hydrogen) atoms. The Morgan fingerprint density at radius 1 is 1.07 bits per heavy atom. The Morgan fingerprint density at radius 2 is 1.83 bits per heavy atom. The van der Waals surface area contributed by atoms with Crippen molar-refractivity contribution < 1.29 is 22.3 Å². The third-order valence-electron chi connectivity index (χ3n) is 4.18. The van der Waals surface area contributed by atoms with Gasteiger partial charge in [-0.15, -0.1) is 0 Å². The van der Waals surface area contributed by atoms with Crippen LogP contribution in [0.3, 0.4) is 0 Å². The fourth-order valence-electron chi connectivity index (χ4n) is 2.66. The fraction of sp³-hybridized carbons (Fsp3) is 0.0952. The number of amides is 1. The lowest BCUT2D eigenvalue weighted by molar-refractivity contribution is 0.102. The van der Waals surface area contributed by atoms with Gasteiger partial charge in [-0.25, -0.2) is 12.8 Å². The molecule has 0 unspecified atom stereocenters. The van der Waals surface area contributed by atoms with E-state index in [1.807, 2.05) is 0 Å². The summed E-state index contributed by atoms with van der Waals surface area (Å²) in [6.07, 6.45) is 0. The lowest BCUT2D eigenvalue weighted by Gasteiger charge is -2.11. The van der Waals surface area contributed by atoms with Crippen molar-refractivity contribution in [3.63, 3.8) is 0 Å². The lowest BCUT2D eigenvalue weighted by atomic mass is 10.2. The summed E-state index contributed by atoms with van der Waals surface area (Å²) in [7, 11) is -2.46. The molecule has 0 aliphatic carbocycles. The van der Waals surface area contributed by atoms with Gasteiger partial charge in [-0.2, -0.15) is 0 Å². The molecule has 3 rings (SSSR count). The van der Waals surface area contributed by atoms with Gasteiger partial charge in [0, 0.05) is 5.56 Å². The summed E-state index contributed by atoms with van der Waals surface area (Å²) in [5.41, 5.74) is 1.13. The quantitative estimate of drug-likeness (QED) is 0.509. The van der Waals surface area contributed by atoms with E-state index in [1.54, 1.807) is 31.2 Å². The molecule has 2 N–H and O–H groups in total. The predicted octanol–water partition coefficient (Wildman–Crippen LogP) is 4.96. The summed E-state index contributed by atoms with van der Waals surface area (Å²) in [6.45, 7) is 1.73. The highest BCUT2D eigenvalue weighted by molar-refractivity contribution is 9.10. The number of methoxy groups -OCH3 is 1. The molecular weight excluding hydrogens is 475 g/mol. The molecular formula is C21H18BrFN2O4S. The first-order chi connectivity index (χ1) is 14.2. The molecule has 6 nitrogen and oxygen atoms in total. The van der Waals surface area contributed by atoms with Gasteiger partial charge < -0.3 is 10.1 Å². The van der Waals surface area contributed by atoms with Crippen molar-refractivity contribution in [2.24, 2.45) is 0 Å². The van der Waals surface area contributed by atoms with E-state index in [-0.39, 0.29) is 16.1 Å². The molecule has 0 aliphatic heterocycles. The van der Waals surface area contributed by atoms with Crippen LogP contribution in [-0.2, 0) is 10.0 Å². The Kier molecular flexibility index (Phi) is 6.42. The molecule has 0 saturated heterocycles. The molecule has 0 bridgehead atoms. The van der Waals surface area contributed by atoms with Gasteiger partial charge in [0.1, 0.15) is 11.6 Å². The standard InChI is InChI=1S/C21H18BrFN2O4S/c1-13-6-8-19(18(23)10-13)24-21(26)14-4-3-5-16(11-14)30(27,28)25-15-7-9-20(29-2)17(22)12-15/h3-12,25H,1-2H3,(H,24,26). The molecule has 0 heterocycles. The molecule has 9 heteroatoms. The van der Waals surface area contributed by atoms with E-state index in [1.165, 1.54) is 43.5 Å². The molecule has 0 atom stereocenters. The molecule has 0 aliphatic rings. The van der Waals surface area contributed by atoms with Crippen LogP contribution >= 0.6 is 15.9 Å². The van der Waals surface area contributed by atoms with Crippen LogP contribution in [-0.4, -0.2) is 21.4 Å². The maximum absolute atomic E-state index is 14.0. The largest absolute Gasteiger partial charge is 0.496 e. The van der Waals surface area contributed by atoms with Crippen molar-refractivity contribution in [3.8, 4) is 5.75 Å². The number of hydrogen-bond acceptors (Lipinski definition) is 4. The monoisotopic (exact) mass is 492 g/mol. The number of halogens is 2. The summed E-state index contributed by atoms with van der Waals surface area (Å²) in [6, 6.07) is 14.6. The number of anilines is 2. The van der Waals surface area contributed by atoms with Crippen LogP contribution in [0.1, 0.15) is 15.9 Å². The minimum absolute atomic E-state index is 0.0140. The Morgan fingerprint density at radius 3 is 2.50 bits per heavy atom. The van der Waals surface area contributed by atoms with Crippen molar-refractivity contribution in [3.05, 3.63) is 82.1 Å². The van der Waals surface area contributed by atoms with Gasteiger partial charge in [-0.05, 0) is 76.9 Å². The second-order valence-electron chi connectivity index (χ2n) is 6.42. The van der Waals surface area contributed by atoms with Gasteiger partial charge in [0.25, 0.3) is 15.9 Å². The SMILES string of the molecule is COc1ccc(NS(=O)(=O)c2cccc(C(=O)Nc3ccc(C)cc3F)c2)cc1Br. The number of carbonyl (C=O) groups excluding carboxylic acids is 1. The molecule has 0 fully saturated rings. The average Bonchev–Trinajstić information content (AvgIpc) is 2.70. The summed E-state index contributed by atoms with van der Waals surface area (Å²) in [4.78, 5) is 12.4. The molecule has 0 radical (unpaired) electrons. The molecule has 156 valence electrons. The van der Waals surface area contributed by atoms with Crippen LogP contribution in [0.2, 0.25) is 0 Å². The van der Waals surface area contributed by atoms with Gasteiger partial charge in [-0.1, -0.05) is 12.1 Å². The number of hydrogen-bond donors (Lipinski definition) is 2. The average molecular weight is 493 g/mol. The number of ether oxygens (including phenoxy) is 1. The molecule has 0 aromatic heterocycles. The van der Waals surface area contributed by atoms with E-state index >= 15 is 0 Å². The Hall–Kier alpha value is -2.91. The highest BCUT2D eigenvalue weighted by Crippen LogP contribution is 2.29. The Labute approximate surface area is 182 Å². The molecule has 0 saturated carbocycles. The van der Waals surface area contributed by atoms with E-state index in [4.69, 9.17) is 4.74 Å². The van der Waals surface area contributed by atoms with Crippen LogP contribution in [0.5, 0.6) is 5.75 Å². The van der Waals surface area contributed by atoms with Crippen molar-refractivity contribution in [1.82, 2.24) is 0 Å². The number of carbonyl (C=O) groups is 1. The number of nitrogens with one attached hydrogen (secondary N) is 2. The zero-order valence-electron chi connectivity index (χ0n) is 16.1. The van der Waals surface area contributed by atoms with Gasteiger partial charge in [-0.3, -0.25) is 9.52 Å². The van der Waals surface area contributed by atoms with E-state index in [2.05, 4.69) is 26.0 Å². The topological polar surface area (TPSA) is 84.5 Å². The maximum Gasteiger partial charge on any atom is 0.261 e. The van der Waals surface area contributed by atoms with E-state index in [0.29, 0.717) is 15.9 Å². The van der Waals surface area contributed by atoms with E-state index < -0.39 is 21.7 Å². The summed E-state index contributed by atoms with van der Waals surface area (Å²) in [5.74, 6) is -0.638. The second-order valence-corrected chi connectivity index (χ2v) is 8.96. The first-order valence-electron chi connectivity index (χ1n) is 8.73. The number of aryl methyl sites for hydroxylation is 1. The predicted molar refractivity (Wildman–Crippen MR) is 117 cm³/mol. The van der Waals surface area contributed by atoms with Crippen LogP contribution < -0.4 is 14.8 Å².